The molecule has 1 amide bonds. The fraction of sp³-hybridized carbons (Fsp3) is 0.696. The van der Waals surface area contributed by atoms with Crippen LogP contribution in [0, 0.1) is 17.8 Å². The van der Waals surface area contributed by atoms with Gasteiger partial charge in [0.25, 0.3) is 0 Å². The molecule has 4 rings (SSSR count). The molecule has 0 radical (unpaired) electrons. The summed E-state index contributed by atoms with van der Waals surface area (Å²) in [7, 11) is 0. The van der Waals surface area contributed by atoms with Crippen molar-refractivity contribution in [2.75, 3.05) is 24.5 Å². The van der Waals surface area contributed by atoms with E-state index in [1.807, 2.05) is 31.9 Å². The zero-order valence-corrected chi connectivity index (χ0v) is 18.1. The van der Waals surface area contributed by atoms with Crippen molar-refractivity contribution in [3.8, 4) is 0 Å². The minimum Gasteiger partial charge on any atom is -0.460 e. The van der Waals surface area contributed by atoms with E-state index >= 15 is 0 Å². The molecule has 1 aromatic heterocycles. The smallest absolute Gasteiger partial charge is 0.309 e. The molecule has 2 atom stereocenters. The molecule has 29 heavy (non-hydrogen) atoms. The molecule has 0 unspecified atom stereocenters. The van der Waals surface area contributed by atoms with Gasteiger partial charge in [-0.3, -0.25) is 14.6 Å². The fourth-order valence-electron chi connectivity index (χ4n) is 4.60. The monoisotopic (exact) mass is 399 g/mol. The molecule has 1 saturated heterocycles. The first-order chi connectivity index (χ1) is 13.7. The first-order valence-electron chi connectivity index (χ1n) is 11.0. The average molecular weight is 400 g/mol. The summed E-state index contributed by atoms with van der Waals surface area (Å²) in [6.07, 6.45) is 5.61. The Labute approximate surface area is 173 Å². The van der Waals surface area contributed by atoms with Crippen LogP contribution in [0.25, 0.3) is 0 Å². The summed E-state index contributed by atoms with van der Waals surface area (Å²) in [5, 5.41) is 0. The van der Waals surface area contributed by atoms with Crippen LogP contribution in [0.4, 0.5) is 5.69 Å². The van der Waals surface area contributed by atoms with E-state index in [1.54, 1.807) is 0 Å². The van der Waals surface area contributed by atoms with Crippen molar-refractivity contribution in [1.82, 2.24) is 9.88 Å². The molecule has 0 bridgehead atoms. The van der Waals surface area contributed by atoms with Crippen LogP contribution in [-0.4, -0.2) is 47.0 Å². The van der Waals surface area contributed by atoms with Gasteiger partial charge in [0.2, 0.25) is 5.91 Å². The minimum atomic E-state index is -0.443. The maximum atomic E-state index is 12.6. The summed E-state index contributed by atoms with van der Waals surface area (Å²) >= 11 is 0. The first kappa shape index (κ1) is 20.2. The largest absolute Gasteiger partial charge is 0.460 e. The van der Waals surface area contributed by atoms with Crippen LogP contribution in [0.3, 0.4) is 0 Å². The molecular formula is C23H33N3O3. The maximum absolute atomic E-state index is 12.6. The van der Waals surface area contributed by atoms with Gasteiger partial charge in [-0.2, -0.15) is 0 Å². The molecule has 1 saturated carbocycles. The number of amides is 1. The van der Waals surface area contributed by atoms with Gasteiger partial charge < -0.3 is 14.5 Å². The van der Waals surface area contributed by atoms with E-state index in [0.29, 0.717) is 12.5 Å². The number of carbonyl (C=O) groups excluding carboxylic acids is 2. The molecule has 2 aliphatic heterocycles. The number of piperidine rings is 1. The summed E-state index contributed by atoms with van der Waals surface area (Å²) in [6, 6.07) is 2.09. The molecule has 0 N–H and O–H groups in total. The van der Waals surface area contributed by atoms with Crippen molar-refractivity contribution in [3.05, 3.63) is 23.5 Å². The van der Waals surface area contributed by atoms with E-state index in [9.17, 15) is 9.59 Å². The highest BCUT2D eigenvalue weighted by atomic mass is 16.6. The normalized spacial score (nSPS) is 24.8. The van der Waals surface area contributed by atoms with Gasteiger partial charge in [-0.05, 0) is 58.4 Å². The van der Waals surface area contributed by atoms with Crippen molar-refractivity contribution in [1.29, 1.82) is 0 Å². The van der Waals surface area contributed by atoms with Crippen molar-refractivity contribution >= 4 is 17.6 Å². The Morgan fingerprint density at radius 1 is 1.17 bits per heavy atom. The average Bonchev–Trinajstić information content (AvgIpc) is 3.50. The second-order valence-corrected chi connectivity index (χ2v) is 9.89. The molecule has 0 aromatic carbocycles. The molecule has 6 nitrogen and oxygen atoms in total. The number of fused-ring (bicyclic) bond motifs is 1. The number of rotatable bonds is 3. The van der Waals surface area contributed by atoms with Crippen LogP contribution in [0.1, 0.15) is 58.2 Å². The van der Waals surface area contributed by atoms with Crippen molar-refractivity contribution in [2.24, 2.45) is 17.8 Å². The standard InChI is InChI=1S/C23H33N3O3/c1-15-13-25(11-8-17(15)22(28)29-23(2,3)4)20-7-10-24-19-14-26(12-9-18(19)20)21(27)16-5-6-16/h7,10,15-17H,5-6,8-9,11-14H2,1-4H3/t15-,17+/m1/s1. The van der Waals surface area contributed by atoms with Gasteiger partial charge >= 0.3 is 5.97 Å². The van der Waals surface area contributed by atoms with Gasteiger partial charge in [0, 0.05) is 43.0 Å². The predicted octanol–water partition coefficient (Wildman–Crippen LogP) is 3.18. The Balaban J connectivity index is 1.45. The molecule has 3 aliphatic rings. The van der Waals surface area contributed by atoms with Crippen LogP contribution >= 0.6 is 0 Å². The molecule has 2 fully saturated rings. The third kappa shape index (κ3) is 4.41. The van der Waals surface area contributed by atoms with Crippen LogP contribution in [0.15, 0.2) is 12.3 Å². The minimum absolute atomic E-state index is 0.0465. The van der Waals surface area contributed by atoms with E-state index in [4.69, 9.17) is 4.74 Å². The lowest BCUT2D eigenvalue weighted by Crippen LogP contribution is -2.45. The van der Waals surface area contributed by atoms with Gasteiger partial charge in [0.05, 0.1) is 18.2 Å². The van der Waals surface area contributed by atoms with E-state index in [1.165, 1.54) is 11.3 Å². The number of nitrogens with zero attached hydrogens (tertiary/aromatic N) is 3. The second-order valence-electron chi connectivity index (χ2n) is 9.89. The van der Waals surface area contributed by atoms with E-state index in [0.717, 1.165) is 51.0 Å². The third-order valence-corrected chi connectivity index (χ3v) is 6.29. The van der Waals surface area contributed by atoms with Gasteiger partial charge in [-0.1, -0.05) is 6.92 Å². The maximum Gasteiger partial charge on any atom is 0.309 e. The van der Waals surface area contributed by atoms with Gasteiger partial charge in [0.1, 0.15) is 5.60 Å². The molecular weight excluding hydrogens is 366 g/mol. The topological polar surface area (TPSA) is 62.7 Å². The Kier molecular flexibility index (Phi) is 5.30. The number of carbonyl (C=O) groups is 2. The van der Waals surface area contributed by atoms with E-state index in [2.05, 4.69) is 22.9 Å². The number of hydrogen-bond acceptors (Lipinski definition) is 5. The molecule has 1 aromatic rings. The lowest BCUT2D eigenvalue weighted by atomic mass is 9.86. The molecule has 0 spiro atoms. The Bertz CT molecular complexity index is 797. The number of anilines is 1. The molecule has 1 aliphatic carbocycles. The summed E-state index contributed by atoms with van der Waals surface area (Å²) in [5.41, 5.74) is 3.09. The Morgan fingerprint density at radius 3 is 2.59 bits per heavy atom. The summed E-state index contributed by atoms with van der Waals surface area (Å²) < 4.78 is 5.63. The SMILES string of the molecule is C[C@@H]1CN(c2ccnc3c2CCN(C(=O)C2CC2)C3)CC[C@@H]1C(=O)OC(C)(C)C. The summed E-state index contributed by atoms with van der Waals surface area (Å²) in [4.78, 5) is 34.0. The quantitative estimate of drug-likeness (QED) is 0.731. The molecule has 6 heteroatoms. The highest BCUT2D eigenvalue weighted by molar-refractivity contribution is 5.81. The summed E-state index contributed by atoms with van der Waals surface area (Å²) in [5.74, 6) is 0.673. The highest BCUT2D eigenvalue weighted by Crippen LogP contribution is 2.36. The van der Waals surface area contributed by atoms with E-state index < -0.39 is 5.60 Å². The van der Waals surface area contributed by atoms with E-state index in [-0.39, 0.29) is 23.7 Å². The number of ether oxygens (including phenoxy) is 1. The zero-order valence-electron chi connectivity index (χ0n) is 18.1. The second kappa shape index (κ2) is 7.62. The van der Waals surface area contributed by atoms with Gasteiger partial charge in [0.15, 0.2) is 0 Å². The molecule has 158 valence electrons. The first-order valence-corrected chi connectivity index (χ1v) is 11.0. The Hall–Kier alpha value is -2.11. The fourth-order valence-corrected chi connectivity index (χ4v) is 4.60. The zero-order chi connectivity index (χ0) is 20.8. The van der Waals surface area contributed by atoms with Crippen LogP contribution in [-0.2, 0) is 27.3 Å². The number of hydrogen-bond donors (Lipinski definition) is 0. The number of pyridine rings is 1. The van der Waals surface area contributed by atoms with Crippen LogP contribution < -0.4 is 4.90 Å². The van der Waals surface area contributed by atoms with Crippen molar-refractivity contribution in [3.63, 3.8) is 0 Å². The van der Waals surface area contributed by atoms with Crippen molar-refractivity contribution < 1.29 is 14.3 Å². The summed E-state index contributed by atoms with van der Waals surface area (Å²) in [6.45, 7) is 11.0. The lowest BCUT2D eigenvalue weighted by molar-refractivity contribution is -0.162. The predicted molar refractivity (Wildman–Crippen MR) is 111 cm³/mol. The van der Waals surface area contributed by atoms with Gasteiger partial charge in [-0.25, -0.2) is 0 Å². The molecule has 3 heterocycles. The van der Waals surface area contributed by atoms with Crippen molar-refractivity contribution in [2.45, 2.75) is 65.5 Å². The number of aromatic nitrogens is 1. The number of esters is 1. The van der Waals surface area contributed by atoms with Crippen LogP contribution in [0.2, 0.25) is 0 Å². The lowest BCUT2D eigenvalue weighted by Gasteiger charge is -2.40. The van der Waals surface area contributed by atoms with Crippen LogP contribution in [0.5, 0.6) is 0 Å². The third-order valence-electron chi connectivity index (χ3n) is 6.29. The highest BCUT2D eigenvalue weighted by Gasteiger charge is 2.37. The van der Waals surface area contributed by atoms with Gasteiger partial charge in [-0.15, -0.1) is 0 Å². The Morgan fingerprint density at radius 2 is 1.93 bits per heavy atom.